The van der Waals surface area contributed by atoms with Gasteiger partial charge in [-0.15, -0.1) is 11.8 Å². The molecule has 0 radical (unpaired) electrons. The quantitative estimate of drug-likeness (QED) is 0.536. The van der Waals surface area contributed by atoms with E-state index >= 15 is 0 Å². The molecule has 1 spiro atoms. The zero-order chi connectivity index (χ0) is 24.9. The minimum Gasteiger partial charge on any atom is -0.367 e. The zero-order valence-electron chi connectivity index (χ0n) is 20.1. The number of rotatable bonds is 4. The number of aryl methyl sites for hydroxylation is 1. The summed E-state index contributed by atoms with van der Waals surface area (Å²) >= 11 is 1.40. The van der Waals surface area contributed by atoms with Crippen LogP contribution in [0.2, 0.25) is 0 Å². The van der Waals surface area contributed by atoms with Gasteiger partial charge in [0.25, 0.3) is 5.91 Å². The summed E-state index contributed by atoms with van der Waals surface area (Å²) in [6.45, 7) is 5.21. The average molecular weight is 503 g/mol. The van der Waals surface area contributed by atoms with Crippen LogP contribution in [-0.2, 0) is 14.5 Å². The number of carbonyl (C=O) groups excluding carboxylic acids is 2. The highest BCUT2D eigenvalue weighted by atomic mass is 32.2. The number of hydrogen-bond donors (Lipinski definition) is 0. The van der Waals surface area contributed by atoms with E-state index in [1.54, 1.807) is 11.0 Å². The van der Waals surface area contributed by atoms with Crippen molar-refractivity contribution in [2.75, 3.05) is 53.3 Å². The van der Waals surface area contributed by atoms with Gasteiger partial charge in [0.15, 0.2) is 0 Å². The summed E-state index contributed by atoms with van der Waals surface area (Å²) in [6, 6.07) is 22.4. The standard InChI is InChI=1S/C28H27FN4O2S/c1-20-10-12-21(13-11-20)33-26(34)18-36-28(33)22-6-2-4-8-24(22)32(27(28)35)19-30-14-16-31(17-15-30)25-9-5-3-7-23(25)29/h2-13H,14-19H2,1H3/t28-/m1/s1. The number of thioether (sulfide) groups is 1. The highest BCUT2D eigenvalue weighted by Crippen LogP contribution is 2.55. The molecule has 2 fully saturated rings. The molecule has 2 amide bonds. The third-order valence-corrected chi connectivity index (χ3v) is 8.65. The SMILES string of the molecule is Cc1ccc(N2C(=O)CS[C@]23C(=O)N(CN2CCN(c4ccccc4F)CC2)c2ccccc23)cc1. The molecule has 6 nitrogen and oxygen atoms in total. The monoisotopic (exact) mass is 502 g/mol. The minimum absolute atomic E-state index is 0.0626. The van der Waals surface area contributed by atoms with E-state index in [1.807, 2.05) is 72.5 Å². The number of para-hydroxylation sites is 2. The molecule has 1 atom stereocenters. The number of carbonyl (C=O) groups is 2. The van der Waals surface area contributed by atoms with E-state index in [4.69, 9.17) is 0 Å². The normalized spacial score (nSPS) is 22.1. The van der Waals surface area contributed by atoms with E-state index < -0.39 is 4.87 Å². The summed E-state index contributed by atoms with van der Waals surface area (Å²) in [5, 5.41) is 0. The number of hydrogen-bond acceptors (Lipinski definition) is 5. The second-order valence-electron chi connectivity index (χ2n) is 9.45. The fraction of sp³-hybridized carbons (Fsp3) is 0.286. The van der Waals surface area contributed by atoms with Gasteiger partial charge in [-0.1, -0.05) is 48.0 Å². The molecule has 3 aromatic rings. The summed E-state index contributed by atoms with van der Waals surface area (Å²) in [4.78, 5) is 34.1. The Morgan fingerprint density at radius 1 is 0.861 bits per heavy atom. The average Bonchev–Trinajstić information content (AvgIpc) is 3.36. The predicted octanol–water partition coefficient (Wildman–Crippen LogP) is 4.19. The van der Waals surface area contributed by atoms with Crippen LogP contribution >= 0.6 is 11.8 Å². The molecule has 184 valence electrons. The van der Waals surface area contributed by atoms with Crippen molar-refractivity contribution in [1.29, 1.82) is 0 Å². The molecular formula is C28H27FN4O2S. The van der Waals surface area contributed by atoms with Crippen molar-refractivity contribution in [3.8, 4) is 0 Å². The van der Waals surface area contributed by atoms with Crippen molar-refractivity contribution in [1.82, 2.24) is 4.90 Å². The molecule has 0 aliphatic carbocycles. The van der Waals surface area contributed by atoms with E-state index in [9.17, 15) is 14.0 Å². The highest BCUT2D eigenvalue weighted by molar-refractivity contribution is 8.02. The minimum atomic E-state index is -1.10. The zero-order valence-corrected chi connectivity index (χ0v) is 20.9. The van der Waals surface area contributed by atoms with Crippen LogP contribution < -0.4 is 14.7 Å². The van der Waals surface area contributed by atoms with Crippen LogP contribution in [0.25, 0.3) is 0 Å². The van der Waals surface area contributed by atoms with Gasteiger partial charge in [-0.2, -0.15) is 0 Å². The Morgan fingerprint density at radius 3 is 2.25 bits per heavy atom. The smallest absolute Gasteiger partial charge is 0.269 e. The Labute approximate surface area is 214 Å². The lowest BCUT2D eigenvalue weighted by molar-refractivity contribution is -0.124. The lowest BCUT2D eigenvalue weighted by atomic mass is 10.0. The third kappa shape index (κ3) is 3.59. The van der Waals surface area contributed by atoms with Crippen molar-refractivity contribution in [2.24, 2.45) is 0 Å². The van der Waals surface area contributed by atoms with Crippen LogP contribution in [0.5, 0.6) is 0 Å². The molecule has 6 rings (SSSR count). The van der Waals surface area contributed by atoms with Crippen LogP contribution in [0.15, 0.2) is 72.8 Å². The maximum absolute atomic E-state index is 14.3. The van der Waals surface area contributed by atoms with Gasteiger partial charge in [0.2, 0.25) is 10.8 Å². The van der Waals surface area contributed by atoms with Gasteiger partial charge in [0, 0.05) is 37.4 Å². The molecule has 3 aromatic carbocycles. The number of anilines is 3. The van der Waals surface area contributed by atoms with Gasteiger partial charge >= 0.3 is 0 Å². The Kier molecular flexibility index (Phi) is 5.73. The van der Waals surface area contributed by atoms with Crippen molar-refractivity contribution in [3.05, 3.63) is 89.7 Å². The van der Waals surface area contributed by atoms with E-state index in [0.717, 1.165) is 22.5 Å². The molecule has 0 bridgehead atoms. The molecule has 0 N–H and O–H groups in total. The number of nitrogens with zero attached hydrogens (tertiary/aromatic N) is 4. The molecule has 0 saturated carbocycles. The first-order valence-electron chi connectivity index (χ1n) is 12.2. The number of fused-ring (bicyclic) bond motifs is 2. The second kappa shape index (κ2) is 8.94. The van der Waals surface area contributed by atoms with Crippen LogP contribution in [0, 0.1) is 12.7 Å². The number of halogens is 1. The van der Waals surface area contributed by atoms with Crippen molar-refractivity contribution >= 4 is 40.6 Å². The molecule has 2 saturated heterocycles. The Morgan fingerprint density at radius 2 is 1.53 bits per heavy atom. The van der Waals surface area contributed by atoms with Gasteiger partial charge in [-0.3, -0.25) is 24.3 Å². The Bertz CT molecular complexity index is 1330. The largest absolute Gasteiger partial charge is 0.367 e. The molecule has 0 unspecified atom stereocenters. The molecule has 3 heterocycles. The third-order valence-electron chi connectivity index (χ3n) is 7.26. The van der Waals surface area contributed by atoms with Gasteiger partial charge in [0.1, 0.15) is 5.82 Å². The van der Waals surface area contributed by atoms with E-state index in [2.05, 4.69) is 9.80 Å². The van der Waals surface area contributed by atoms with E-state index in [-0.39, 0.29) is 23.4 Å². The molecule has 3 aliphatic rings. The van der Waals surface area contributed by atoms with Crippen molar-refractivity contribution in [2.45, 2.75) is 11.8 Å². The Balaban J connectivity index is 1.28. The van der Waals surface area contributed by atoms with Crippen molar-refractivity contribution in [3.63, 3.8) is 0 Å². The van der Waals surface area contributed by atoms with Gasteiger partial charge in [-0.05, 0) is 37.3 Å². The fourth-order valence-corrected chi connectivity index (χ4v) is 6.79. The second-order valence-corrected chi connectivity index (χ2v) is 10.6. The van der Waals surface area contributed by atoms with E-state index in [1.165, 1.54) is 17.8 Å². The van der Waals surface area contributed by atoms with Crippen LogP contribution in [0.3, 0.4) is 0 Å². The van der Waals surface area contributed by atoms with Crippen LogP contribution in [0.4, 0.5) is 21.5 Å². The molecule has 8 heteroatoms. The topological polar surface area (TPSA) is 47.1 Å². The summed E-state index contributed by atoms with van der Waals surface area (Å²) in [6.07, 6.45) is 0. The van der Waals surface area contributed by atoms with Crippen LogP contribution in [-0.4, -0.2) is 55.3 Å². The van der Waals surface area contributed by atoms with Crippen LogP contribution in [0.1, 0.15) is 11.1 Å². The molecular weight excluding hydrogens is 475 g/mol. The van der Waals surface area contributed by atoms with Crippen molar-refractivity contribution < 1.29 is 14.0 Å². The summed E-state index contributed by atoms with van der Waals surface area (Å²) < 4.78 is 14.3. The van der Waals surface area contributed by atoms with Gasteiger partial charge in [0.05, 0.1) is 23.8 Å². The fourth-order valence-electron chi connectivity index (χ4n) is 5.43. The number of amides is 2. The first-order chi connectivity index (χ1) is 17.5. The lowest BCUT2D eigenvalue weighted by Crippen LogP contribution is -2.54. The summed E-state index contributed by atoms with van der Waals surface area (Å²) in [7, 11) is 0. The number of benzene rings is 3. The maximum atomic E-state index is 14.3. The van der Waals surface area contributed by atoms with Gasteiger partial charge < -0.3 is 4.90 Å². The molecule has 36 heavy (non-hydrogen) atoms. The lowest BCUT2D eigenvalue weighted by Gasteiger charge is -2.38. The van der Waals surface area contributed by atoms with E-state index in [0.29, 0.717) is 38.5 Å². The molecule has 3 aliphatic heterocycles. The molecule has 0 aromatic heterocycles. The maximum Gasteiger partial charge on any atom is 0.269 e. The highest BCUT2D eigenvalue weighted by Gasteiger charge is 2.61. The summed E-state index contributed by atoms with van der Waals surface area (Å²) in [5.41, 5.74) is 4.16. The first-order valence-corrected chi connectivity index (χ1v) is 13.1. The Hall–Kier alpha value is -3.36. The van der Waals surface area contributed by atoms with Gasteiger partial charge in [-0.25, -0.2) is 4.39 Å². The first kappa shape index (κ1) is 23.1. The predicted molar refractivity (Wildman–Crippen MR) is 142 cm³/mol. The number of piperazine rings is 1. The summed E-state index contributed by atoms with van der Waals surface area (Å²) in [5.74, 6) is -0.108.